The smallest absolute Gasteiger partial charge is 0.214 e. The molecule has 4 nitrogen and oxygen atoms in total. The van der Waals surface area contributed by atoms with Gasteiger partial charge in [-0.15, -0.1) is 0 Å². The van der Waals surface area contributed by atoms with Crippen LogP contribution in [0.2, 0.25) is 0 Å². The molecule has 2 rings (SSSR count). The lowest BCUT2D eigenvalue weighted by Crippen LogP contribution is -2.36. The largest absolute Gasteiger partial charge is 0.376 e. The minimum Gasteiger partial charge on any atom is -0.376 e. The van der Waals surface area contributed by atoms with Crippen molar-refractivity contribution in [3.05, 3.63) is 0 Å². The summed E-state index contributed by atoms with van der Waals surface area (Å²) in [6.45, 7) is 6.28. The van der Waals surface area contributed by atoms with Crippen molar-refractivity contribution in [2.75, 3.05) is 25.4 Å². The van der Waals surface area contributed by atoms with E-state index in [4.69, 9.17) is 4.74 Å². The van der Waals surface area contributed by atoms with E-state index in [1.165, 1.54) is 0 Å². The first kappa shape index (κ1) is 11.4. The van der Waals surface area contributed by atoms with E-state index >= 15 is 0 Å². The minimum absolute atomic E-state index is 0.0906. The van der Waals surface area contributed by atoms with E-state index in [-0.39, 0.29) is 6.10 Å². The van der Waals surface area contributed by atoms with Gasteiger partial charge in [0.2, 0.25) is 10.0 Å². The van der Waals surface area contributed by atoms with Gasteiger partial charge in [-0.2, -0.15) is 4.31 Å². The van der Waals surface area contributed by atoms with E-state index in [9.17, 15) is 8.42 Å². The van der Waals surface area contributed by atoms with Gasteiger partial charge in [-0.05, 0) is 18.3 Å². The van der Waals surface area contributed by atoms with E-state index in [0.29, 0.717) is 30.7 Å². The summed E-state index contributed by atoms with van der Waals surface area (Å²) < 4.78 is 30.4. The fourth-order valence-corrected chi connectivity index (χ4v) is 3.79. The Hall–Kier alpha value is -0.130. The molecule has 2 fully saturated rings. The van der Waals surface area contributed by atoms with Gasteiger partial charge in [-0.25, -0.2) is 8.42 Å². The lowest BCUT2D eigenvalue weighted by molar-refractivity contribution is 0.0783. The quantitative estimate of drug-likeness (QED) is 0.705. The summed E-state index contributed by atoms with van der Waals surface area (Å²) in [5, 5.41) is 0. The van der Waals surface area contributed by atoms with Gasteiger partial charge in [-0.3, -0.25) is 0 Å². The van der Waals surface area contributed by atoms with Crippen molar-refractivity contribution in [2.24, 2.45) is 11.8 Å². The molecular formula is C10H19NO3S. The fourth-order valence-electron chi connectivity index (χ4n) is 2.26. The van der Waals surface area contributed by atoms with E-state index < -0.39 is 10.0 Å². The van der Waals surface area contributed by atoms with E-state index in [0.717, 1.165) is 13.0 Å². The topological polar surface area (TPSA) is 46.6 Å². The molecule has 0 N–H and O–H groups in total. The highest BCUT2D eigenvalue weighted by molar-refractivity contribution is 7.89. The molecule has 2 saturated heterocycles. The molecule has 2 aliphatic heterocycles. The van der Waals surface area contributed by atoms with Crippen molar-refractivity contribution in [2.45, 2.75) is 26.4 Å². The lowest BCUT2D eigenvalue weighted by atomic mass is 9.94. The zero-order chi connectivity index (χ0) is 11.1. The Morgan fingerprint density at radius 3 is 2.60 bits per heavy atom. The van der Waals surface area contributed by atoms with Crippen molar-refractivity contribution in [1.82, 2.24) is 4.31 Å². The fraction of sp³-hybridized carbons (Fsp3) is 1.00. The summed E-state index contributed by atoms with van der Waals surface area (Å²) >= 11 is 0. The molecule has 0 spiro atoms. The highest BCUT2D eigenvalue weighted by Crippen LogP contribution is 2.28. The second-order valence-electron chi connectivity index (χ2n) is 4.74. The first-order chi connectivity index (χ1) is 7.00. The third-order valence-electron chi connectivity index (χ3n) is 3.64. The van der Waals surface area contributed by atoms with Crippen LogP contribution < -0.4 is 0 Å². The molecule has 5 heteroatoms. The van der Waals surface area contributed by atoms with Crippen LogP contribution in [0.15, 0.2) is 0 Å². The second kappa shape index (κ2) is 4.03. The Bertz CT molecular complexity index is 328. The van der Waals surface area contributed by atoms with Crippen LogP contribution in [0.5, 0.6) is 0 Å². The molecule has 2 heterocycles. The number of nitrogens with zero attached hydrogens (tertiary/aromatic N) is 1. The Morgan fingerprint density at radius 1 is 1.40 bits per heavy atom. The number of hydrogen-bond acceptors (Lipinski definition) is 3. The monoisotopic (exact) mass is 233 g/mol. The molecule has 1 unspecified atom stereocenters. The normalized spacial score (nSPS) is 41.1. The number of sulfonamides is 1. The number of hydrogen-bond donors (Lipinski definition) is 0. The molecule has 0 radical (unpaired) electrons. The van der Waals surface area contributed by atoms with Crippen LogP contribution in [-0.4, -0.2) is 44.3 Å². The summed E-state index contributed by atoms with van der Waals surface area (Å²) in [7, 11) is -2.96. The van der Waals surface area contributed by atoms with Gasteiger partial charge in [0, 0.05) is 19.7 Å². The molecule has 2 aliphatic rings. The van der Waals surface area contributed by atoms with E-state index in [1.54, 1.807) is 4.31 Å². The van der Waals surface area contributed by atoms with Crippen molar-refractivity contribution >= 4 is 10.0 Å². The molecule has 0 bridgehead atoms. The van der Waals surface area contributed by atoms with Crippen LogP contribution in [0.4, 0.5) is 0 Å². The summed E-state index contributed by atoms with van der Waals surface area (Å²) in [6, 6.07) is 0. The Labute approximate surface area is 91.6 Å². The first-order valence-electron chi connectivity index (χ1n) is 5.60. The third kappa shape index (κ3) is 2.19. The van der Waals surface area contributed by atoms with Crippen molar-refractivity contribution in [3.8, 4) is 0 Å². The van der Waals surface area contributed by atoms with Gasteiger partial charge in [0.05, 0.1) is 11.9 Å². The molecule has 3 atom stereocenters. The lowest BCUT2D eigenvalue weighted by Gasteiger charge is -2.22. The summed E-state index contributed by atoms with van der Waals surface area (Å²) in [5.74, 6) is 1.31. The number of rotatable bonds is 2. The maximum absolute atomic E-state index is 11.6. The standard InChI is InChI=1S/C10H19NO3S/c1-8-7-14-10(9(8)2)6-11-4-3-5-15(11,12)13/h8-10H,3-7H2,1-2H3/t8?,9-,10+/m0/s1. The molecular weight excluding hydrogens is 214 g/mol. The van der Waals surface area contributed by atoms with Crippen molar-refractivity contribution in [3.63, 3.8) is 0 Å². The zero-order valence-electron chi connectivity index (χ0n) is 9.35. The molecule has 0 amide bonds. The zero-order valence-corrected chi connectivity index (χ0v) is 10.2. The average Bonchev–Trinajstić information content (AvgIpc) is 2.64. The summed E-state index contributed by atoms with van der Waals surface area (Å²) in [6.07, 6.45) is 0.854. The summed E-state index contributed by atoms with van der Waals surface area (Å²) in [4.78, 5) is 0. The van der Waals surface area contributed by atoms with E-state index in [1.807, 2.05) is 0 Å². The van der Waals surface area contributed by atoms with Crippen LogP contribution in [0.1, 0.15) is 20.3 Å². The average molecular weight is 233 g/mol. The predicted molar refractivity (Wildman–Crippen MR) is 58.0 cm³/mol. The van der Waals surface area contributed by atoms with E-state index in [2.05, 4.69) is 13.8 Å². The van der Waals surface area contributed by atoms with Gasteiger partial charge < -0.3 is 4.74 Å². The van der Waals surface area contributed by atoms with Gasteiger partial charge in [0.15, 0.2) is 0 Å². The van der Waals surface area contributed by atoms with Crippen LogP contribution in [0.25, 0.3) is 0 Å². The minimum atomic E-state index is -2.96. The van der Waals surface area contributed by atoms with Gasteiger partial charge in [0.25, 0.3) is 0 Å². The highest BCUT2D eigenvalue weighted by Gasteiger charge is 2.36. The van der Waals surface area contributed by atoms with Gasteiger partial charge in [-0.1, -0.05) is 13.8 Å². The maximum atomic E-state index is 11.6. The molecule has 0 aromatic heterocycles. The first-order valence-corrected chi connectivity index (χ1v) is 7.21. The molecule has 88 valence electrons. The van der Waals surface area contributed by atoms with Crippen molar-refractivity contribution < 1.29 is 13.2 Å². The molecule has 0 aromatic rings. The Balaban J connectivity index is 1.98. The van der Waals surface area contributed by atoms with Crippen LogP contribution in [0.3, 0.4) is 0 Å². The number of ether oxygens (including phenoxy) is 1. The Morgan fingerprint density at radius 2 is 2.13 bits per heavy atom. The molecule has 0 aliphatic carbocycles. The molecule has 0 aromatic carbocycles. The predicted octanol–water partition coefficient (Wildman–Crippen LogP) is 0.693. The van der Waals surface area contributed by atoms with Crippen LogP contribution in [0, 0.1) is 11.8 Å². The highest BCUT2D eigenvalue weighted by atomic mass is 32.2. The molecule has 0 saturated carbocycles. The second-order valence-corrected chi connectivity index (χ2v) is 6.82. The van der Waals surface area contributed by atoms with Crippen LogP contribution >= 0.6 is 0 Å². The SMILES string of the molecule is CC1CO[C@H](CN2CCCS2(=O)=O)[C@H]1C. The van der Waals surface area contributed by atoms with Crippen LogP contribution in [-0.2, 0) is 14.8 Å². The van der Waals surface area contributed by atoms with Gasteiger partial charge in [0.1, 0.15) is 0 Å². The Kier molecular flexibility index (Phi) is 3.05. The van der Waals surface area contributed by atoms with Gasteiger partial charge >= 0.3 is 0 Å². The molecule has 15 heavy (non-hydrogen) atoms. The third-order valence-corrected chi connectivity index (χ3v) is 5.57. The van der Waals surface area contributed by atoms with Crippen molar-refractivity contribution in [1.29, 1.82) is 0 Å². The maximum Gasteiger partial charge on any atom is 0.214 e. The summed E-state index contributed by atoms with van der Waals surface area (Å²) in [5.41, 5.74) is 0.